The van der Waals surface area contributed by atoms with E-state index in [1.165, 1.54) is 11.8 Å². The molecule has 2 heterocycles. The van der Waals surface area contributed by atoms with Gasteiger partial charge in [-0.2, -0.15) is 0 Å². The molecule has 1 amide bonds. The monoisotopic (exact) mass is 384 g/mol. The summed E-state index contributed by atoms with van der Waals surface area (Å²) in [4.78, 5) is 12.5. The number of hydrogen-bond acceptors (Lipinski definition) is 5. The van der Waals surface area contributed by atoms with Crippen LogP contribution in [0, 0.1) is 0 Å². The van der Waals surface area contributed by atoms with E-state index in [1.807, 2.05) is 41.8 Å². The highest BCUT2D eigenvalue weighted by atomic mass is 32.2. The predicted octanol–water partition coefficient (Wildman–Crippen LogP) is 4.31. The Morgan fingerprint density at radius 1 is 1.19 bits per heavy atom. The molecule has 1 N–H and O–H groups in total. The topological polar surface area (TPSA) is 73.0 Å². The van der Waals surface area contributed by atoms with Crippen LogP contribution in [-0.4, -0.2) is 26.4 Å². The van der Waals surface area contributed by atoms with Gasteiger partial charge in [-0.05, 0) is 31.0 Å². The van der Waals surface area contributed by atoms with Crippen molar-refractivity contribution in [1.82, 2.24) is 20.1 Å². The Kier molecular flexibility index (Phi) is 6.70. The minimum atomic E-state index is -0.00694. The number of rotatable bonds is 9. The van der Waals surface area contributed by atoms with Crippen LogP contribution in [-0.2, 0) is 11.3 Å². The van der Waals surface area contributed by atoms with Gasteiger partial charge in [-0.1, -0.05) is 55.4 Å². The van der Waals surface area contributed by atoms with Crippen LogP contribution in [0.3, 0.4) is 0 Å². The van der Waals surface area contributed by atoms with E-state index in [2.05, 4.69) is 34.6 Å². The lowest BCUT2D eigenvalue weighted by Crippen LogP contribution is -2.30. The smallest absolute Gasteiger partial charge is 0.230 e. The van der Waals surface area contributed by atoms with Gasteiger partial charge >= 0.3 is 0 Å². The Bertz CT molecular complexity index is 846. The van der Waals surface area contributed by atoms with Crippen LogP contribution < -0.4 is 5.32 Å². The summed E-state index contributed by atoms with van der Waals surface area (Å²) in [6.07, 6.45) is 3.53. The van der Waals surface area contributed by atoms with Crippen LogP contribution in [0.2, 0.25) is 0 Å². The largest absolute Gasteiger partial charge is 0.461 e. The number of amides is 1. The Hall–Kier alpha value is -2.54. The number of thioether (sulfide) groups is 1. The molecule has 6 nitrogen and oxygen atoms in total. The van der Waals surface area contributed by atoms with E-state index in [4.69, 9.17) is 4.42 Å². The minimum Gasteiger partial charge on any atom is -0.461 e. The number of carbonyl (C=O) groups excluding carboxylic acids is 1. The molecular formula is C20H24N4O2S. The first-order valence-corrected chi connectivity index (χ1v) is 10.2. The number of nitrogens with one attached hydrogen (secondary N) is 1. The number of benzene rings is 1. The highest BCUT2D eigenvalue weighted by Gasteiger charge is 2.18. The second-order valence-corrected chi connectivity index (χ2v) is 7.08. The molecule has 0 saturated carbocycles. The molecule has 0 fully saturated rings. The zero-order chi connectivity index (χ0) is 19.1. The molecular weight excluding hydrogens is 360 g/mol. The second-order valence-electron chi connectivity index (χ2n) is 6.14. The number of carbonyl (C=O) groups is 1. The van der Waals surface area contributed by atoms with Gasteiger partial charge in [0.05, 0.1) is 18.1 Å². The summed E-state index contributed by atoms with van der Waals surface area (Å²) in [7, 11) is 0. The molecule has 3 rings (SSSR count). The van der Waals surface area contributed by atoms with Crippen LogP contribution in [0.4, 0.5) is 0 Å². The molecule has 0 aliphatic carbocycles. The average molecular weight is 385 g/mol. The van der Waals surface area contributed by atoms with Crippen molar-refractivity contribution in [2.75, 3.05) is 5.75 Å². The molecule has 0 saturated heterocycles. The maximum absolute atomic E-state index is 12.5. The van der Waals surface area contributed by atoms with Crippen molar-refractivity contribution in [1.29, 1.82) is 0 Å². The zero-order valence-corrected chi connectivity index (χ0v) is 16.4. The lowest BCUT2D eigenvalue weighted by molar-refractivity contribution is -0.119. The third-order valence-electron chi connectivity index (χ3n) is 4.22. The summed E-state index contributed by atoms with van der Waals surface area (Å²) in [5, 5.41) is 12.3. The Morgan fingerprint density at radius 2 is 2.00 bits per heavy atom. The van der Waals surface area contributed by atoms with Gasteiger partial charge in [-0.3, -0.25) is 9.36 Å². The fourth-order valence-corrected chi connectivity index (χ4v) is 3.74. The molecule has 0 aliphatic heterocycles. The lowest BCUT2D eigenvalue weighted by atomic mass is 10.0. The molecule has 0 bridgehead atoms. The van der Waals surface area contributed by atoms with E-state index in [0.29, 0.717) is 29.0 Å². The van der Waals surface area contributed by atoms with Crippen LogP contribution >= 0.6 is 11.8 Å². The van der Waals surface area contributed by atoms with Crippen molar-refractivity contribution in [2.24, 2.45) is 0 Å². The summed E-state index contributed by atoms with van der Waals surface area (Å²) in [6, 6.07) is 13.8. The molecule has 1 atom stereocenters. The van der Waals surface area contributed by atoms with E-state index in [0.717, 1.165) is 18.4 Å². The van der Waals surface area contributed by atoms with Gasteiger partial charge in [0, 0.05) is 6.54 Å². The van der Waals surface area contributed by atoms with Crippen molar-refractivity contribution in [3.05, 3.63) is 54.3 Å². The lowest BCUT2D eigenvalue weighted by Gasteiger charge is -2.18. The van der Waals surface area contributed by atoms with Crippen molar-refractivity contribution in [3.63, 3.8) is 0 Å². The van der Waals surface area contributed by atoms with E-state index < -0.39 is 0 Å². The van der Waals surface area contributed by atoms with Gasteiger partial charge in [0.1, 0.15) is 0 Å². The zero-order valence-electron chi connectivity index (χ0n) is 15.6. The van der Waals surface area contributed by atoms with E-state index in [1.54, 1.807) is 6.26 Å². The molecule has 2 aromatic heterocycles. The molecule has 1 aromatic carbocycles. The highest BCUT2D eigenvalue weighted by molar-refractivity contribution is 7.99. The number of furan rings is 1. The Labute approximate surface area is 163 Å². The third kappa shape index (κ3) is 4.80. The number of aromatic nitrogens is 3. The van der Waals surface area contributed by atoms with Gasteiger partial charge in [0.2, 0.25) is 5.91 Å². The molecule has 7 heteroatoms. The average Bonchev–Trinajstić information content (AvgIpc) is 3.35. The van der Waals surface area contributed by atoms with Crippen molar-refractivity contribution in [3.8, 4) is 11.6 Å². The van der Waals surface area contributed by atoms with Crippen LogP contribution in [0.5, 0.6) is 0 Å². The van der Waals surface area contributed by atoms with Gasteiger partial charge in [-0.15, -0.1) is 10.2 Å². The summed E-state index contributed by atoms with van der Waals surface area (Å²) in [5.74, 6) is 1.64. The van der Waals surface area contributed by atoms with Crippen LogP contribution in [0.25, 0.3) is 11.6 Å². The molecule has 0 aliphatic rings. The summed E-state index contributed by atoms with van der Waals surface area (Å²) < 4.78 is 7.37. The molecule has 0 spiro atoms. The summed E-state index contributed by atoms with van der Waals surface area (Å²) in [6.45, 7) is 4.85. The van der Waals surface area contributed by atoms with Crippen LogP contribution in [0.1, 0.15) is 38.3 Å². The quantitative estimate of drug-likeness (QED) is 0.557. The molecule has 27 heavy (non-hydrogen) atoms. The fourth-order valence-electron chi connectivity index (χ4n) is 2.93. The molecule has 142 valence electrons. The van der Waals surface area contributed by atoms with Crippen LogP contribution in [0.15, 0.2) is 58.3 Å². The first-order valence-electron chi connectivity index (χ1n) is 9.17. The Morgan fingerprint density at radius 3 is 2.67 bits per heavy atom. The van der Waals surface area contributed by atoms with E-state index in [9.17, 15) is 4.79 Å². The second kappa shape index (κ2) is 9.41. The van der Waals surface area contributed by atoms with Gasteiger partial charge < -0.3 is 9.73 Å². The van der Waals surface area contributed by atoms with Gasteiger partial charge in [0.25, 0.3) is 0 Å². The first-order chi connectivity index (χ1) is 13.2. The molecule has 3 aromatic rings. The number of hydrogen-bond donors (Lipinski definition) is 1. The molecule has 1 unspecified atom stereocenters. The normalized spacial score (nSPS) is 12.1. The Balaban J connectivity index is 1.63. The predicted molar refractivity (Wildman–Crippen MR) is 106 cm³/mol. The van der Waals surface area contributed by atoms with Gasteiger partial charge in [-0.25, -0.2) is 0 Å². The third-order valence-corrected chi connectivity index (χ3v) is 5.19. The maximum atomic E-state index is 12.5. The van der Waals surface area contributed by atoms with Crippen molar-refractivity contribution >= 4 is 17.7 Å². The van der Waals surface area contributed by atoms with Crippen molar-refractivity contribution in [2.45, 2.75) is 44.4 Å². The summed E-state index contributed by atoms with van der Waals surface area (Å²) >= 11 is 1.39. The molecule has 0 radical (unpaired) electrons. The van der Waals surface area contributed by atoms with E-state index in [-0.39, 0.29) is 11.9 Å². The standard InChI is InChI=1S/C20H24N4O2S/c1-3-9-16(15-10-6-5-7-11-15)21-18(25)14-27-20-23-22-19(24(20)4-2)17-12-8-13-26-17/h5-8,10-13,16H,3-4,9,14H2,1-2H3,(H,21,25). The fraction of sp³-hybridized carbons (Fsp3) is 0.350. The van der Waals surface area contributed by atoms with Crippen molar-refractivity contribution < 1.29 is 9.21 Å². The highest BCUT2D eigenvalue weighted by Crippen LogP contribution is 2.24. The summed E-state index contributed by atoms with van der Waals surface area (Å²) in [5.41, 5.74) is 1.13. The first kappa shape index (κ1) is 19.2. The minimum absolute atomic E-state index is 0.00694. The maximum Gasteiger partial charge on any atom is 0.230 e. The van der Waals surface area contributed by atoms with Gasteiger partial charge in [0.15, 0.2) is 16.7 Å². The SMILES string of the molecule is CCCC(NC(=O)CSc1nnc(-c2ccco2)n1CC)c1ccccc1. The number of nitrogens with zero attached hydrogens (tertiary/aromatic N) is 3. The van der Waals surface area contributed by atoms with E-state index >= 15 is 0 Å².